The van der Waals surface area contributed by atoms with Gasteiger partial charge in [-0.2, -0.15) is 0 Å². The first kappa shape index (κ1) is 18.4. The molecular weight excluding hydrogens is 424 g/mol. The predicted octanol–water partition coefficient (Wildman–Crippen LogP) is 1.10. The van der Waals surface area contributed by atoms with Gasteiger partial charge in [0.1, 0.15) is 12.1 Å². The highest BCUT2D eigenvalue weighted by Crippen LogP contribution is 2.59. The van der Waals surface area contributed by atoms with Crippen LogP contribution >= 0.6 is 22.7 Å². The lowest BCUT2D eigenvalue weighted by Crippen LogP contribution is -2.48. The number of likely N-dealkylation sites (N-methyl/N-ethyl adjacent to an activating group) is 2. The van der Waals surface area contributed by atoms with E-state index in [0.717, 1.165) is 9.75 Å². The minimum absolute atomic E-state index is 0.232. The molecule has 4 aliphatic heterocycles. The maximum absolute atomic E-state index is 13.2. The third-order valence-corrected chi connectivity index (χ3v) is 8.72. The van der Waals surface area contributed by atoms with E-state index in [4.69, 9.17) is 0 Å². The number of nitrogens with zero attached hydrogens (tertiary/aromatic N) is 4. The van der Waals surface area contributed by atoms with E-state index in [9.17, 15) is 19.2 Å². The predicted molar refractivity (Wildman–Crippen MR) is 108 cm³/mol. The van der Waals surface area contributed by atoms with E-state index >= 15 is 0 Å². The SMILES string of the molecule is CN1C(=O)[C@@H]2[C@@H](C1=O)N1[C@@H](c3cccs3)[C@H]3C(=O)N(C)C(=O)[C@@H]3N1[C@@H]2c1cccs1. The van der Waals surface area contributed by atoms with Gasteiger partial charge < -0.3 is 0 Å². The first-order valence-electron chi connectivity index (χ1n) is 9.69. The molecule has 0 bridgehead atoms. The molecule has 4 fully saturated rings. The quantitative estimate of drug-likeness (QED) is 0.648. The van der Waals surface area contributed by atoms with Crippen molar-refractivity contribution in [2.75, 3.05) is 14.1 Å². The highest BCUT2D eigenvalue weighted by molar-refractivity contribution is 7.10. The van der Waals surface area contributed by atoms with Gasteiger partial charge in [0.15, 0.2) is 0 Å². The van der Waals surface area contributed by atoms with Crippen molar-refractivity contribution in [3.05, 3.63) is 44.8 Å². The summed E-state index contributed by atoms with van der Waals surface area (Å²) in [5, 5.41) is 7.64. The molecular formula is C20H18N4O4S2. The Morgan fingerprint density at radius 1 is 0.633 bits per heavy atom. The van der Waals surface area contributed by atoms with Crippen molar-refractivity contribution in [2.24, 2.45) is 11.8 Å². The molecule has 4 amide bonds. The smallest absolute Gasteiger partial charge is 0.248 e. The average molecular weight is 443 g/mol. The van der Waals surface area contributed by atoms with E-state index in [1.54, 1.807) is 0 Å². The molecule has 8 nitrogen and oxygen atoms in total. The van der Waals surface area contributed by atoms with Crippen molar-refractivity contribution >= 4 is 46.3 Å². The van der Waals surface area contributed by atoms with Crippen LogP contribution in [0.25, 0.3) is 0 Å². The number of thiophene rings is 2. The molecule has 2 aromatic rings. The van der Waals surface area contributed by atoms with Crippen LogP contribution in [0.1, 0.15) is 21.8 Å². The molecule has 4 aliphatic rings. The minimum Gasteiger partial charge on any atom is -0.284 e. The minimum atomic E-state index is -0.710. The summed E-state index contributed by atoms with van der Waals surface area (Å²) in [4.78, 5) is 56.8. The first-order chi connectivity index (χ1) is 14.4. The average Bonchev–Trinajstić information content (AvgIpc) is 3.54. The van der Waals surface area contributed by atoms with Gasteiger partial charge in [0.2, 0.25) is 23.6 Å². The second-order valence-electron chi connectivity index (χ2n) is 8.09. The summed E-state index contributed by atoms with van der Waals surface area (Å²) in [5.74, 6) is -2.21. The topological polar surface area (TPSA) is 81.2 Å². The Morgan fingerprint density at radius 3 is 1.37 bits per heavy atom. The molecule has 6 atom stereocenters. The van der Waals surface area contributed by atoms with E-state index in [1.807, 2.05) is 45.0 Å². The van der Waals surface area contributed by atoms with E-state index < -0.39 is 36.0 Å². The van der Waals surface area contributed by atoms with Crippen LogP contribution in [0, 0.1) is 11.8 Å². The number of hydrazine groups is 1. The maximum Gasteiger partial charge on any atom is 0.248 e. The van der Waals surface area contributed by atoms with E-state index in [0.29, 0.717) is 0 Å². The fraction of sp³-hybridized carbons (Fsp3) is 0.400. The standard InChI is InChI=1S/C20H18N4O4S2/c1-21-17(25)11-13(9-5-3-7-29-9)24-16-12(18(26)22(2)20(16)28)14(10-6-4-8-30-10)23(24)15(11)19(21)27/h3-8,11-16H,1-2H3/t11-,12+,13+,14-,15-,16+. The fourth-order valence-electron chi connectivity index (χ4n) is 5.59. The molecule has 4 saturated heterocycles. The van der Waals surface area contributed by atoms with Gasteiger partial charge in [0.25, 0.3) is 0 Å². The molecule has 0 N–H and O–H groups in total. The largest absolute Gasteiger partial charge is 0.284 e. The van der Waals surface area contributed by atoms with Crippen LogP contribution in [-0.4, -0.2) is 69.6 Å². The van der Waals surface area contributed by atoms with Crippen LogP contribution in [-0.2, 0) is 19.2 Å². The second-order valence-corrected chi connectivity index (χ2v) is 10.1. The van der Waals surface area contributed by atoms with E-state index in [-0.39, 0.29) is 23.6 Å². The zero-order chi connectivity index (χ0) is 20.9. The molecule has 0 spiro atoms. The Morgan fingerprint density at radius 2 is 1.03 bits per heavy atom. The Hall–Kier alpha value is -2.40. The van der Waals surface area contributed by atoms with Gasteiger partial charge in [-0.3, -0.25) is 29.0 Å². The van der Waals surface area contributed by atoms with Gasteiger partial charge in [-0.1, -0.05) is 12.1 Å². The molecule has 0 unspecified atom stereocenters. The van der Waals surface area contributed by atoms with Crippen molar-refractivity contribution in [2.45, 2.75) is 24.2 Å². The molecule has 0 aromatic carbocycles. The zero-order valence-electron chi connectivity index (χ0n) is 16.2. The van der Waals surface area contributed by atoms with Crippen LogP contribution in [0.2, 0.25) is 0 Å². The Labute approximate surface area is 180 Å². The molecule has 154 valence electrons. The normalized spacial score (nSPS) is 36.2. The number of fused-ring (bicyclic) bond motifs is 5. The van der Waals surface area contributed by atoms with Gasteiger partial charge in [-0.05, 0) is 22.9 Å². The van der Waals surface area contributed by atoms with Gasteiger partial charge in [-0.15, -0.1) is 22.7 Å². The summed E-state index contributed by atoms with van der Waals surface area (Å²) in [5.41, 5.74) is 0. The zero-order valence-corrected chi connectivity index (χ0v) is 17.8. The number of hydrogen-bond donors (Lipinski definition) is 0. The van der Waals surface area contributed by atoms with Crippen molar-refractivity contribution in [1.29, 1.82) is 0 Å². The molecule has 10 heteroatoms. The fourth-order valence-corrected chi connectivity index (χ4v) is 7.32. The van der Waals surface area contributed by atoms with Crippen LogP contribution in [0.4, 0.5) is 0 Å². The summed E-state index contributed by atoms with van der Waals surface area (Å²) in [6, 6.07) is 5.36. The summed E-state index contributed by atoms with van der Waals surface area (Å²) in [7, 11) is 3.03. The number of amides is 4. The third-order valence-electron chi connectivity index (χ3n) is 6.84. The van der Waals surface area contributed by atoms with Crippen LogP contribution in [0.15, 0.2) is 35.0 Å². The van der Waals surface area contributed by atoms with Crippen molar-refractivity contribution in [3.63, 3.8) is 0 Å². The molecule has 2 aromatic heterocycles. The van der Waals surface area contributed by atoms with Gasteiger partial charge in [0.05, 0.1) is 23.9 Å². The molecule has 0 saturated carbocycles. The lowest BCUT2D eigenvalue weighted by atomic mass is 9.88. The van der Waals surface area contributed by atoms with Crippen LogP contribution in [0.5, 0.6) is 0 Å². The molecule has 0 aliphatic carbocycles. The number of rotatable bonds is 2. The van der Waals surface area contributed by atoms with Crippen molar-refractivity contribution in [1.82, 2.24) is 19.8 Å². The number of hydrogen-bond acceptors (Lipinski definition) is 8. The number of likely N-dealkylation sites (tertiary alicyclic amines) is 2. The second kappa shape index (κ2) is 6.07. The van der Waals surface area contributed by atoms with Gasteiger partial charge in [-0.25, -0.2) is 10.0 Å². The van der Waals surface area contributed by atoms with Gasteiger partial charge in [0, 0.05) is 23.8 Å². The first-order valence-corrected chi connectivity index (χ1v) is 11.5. The number of imide groups is 2. The lowest BCUT2D eigenvalue weighted by molar-refractivity contribution is -0.151. The molecule has 6 heterocycles. The van der Waals surface area contributed by atoms with Gasteiger partial charge >= 0.3 is 0 Å². The lowest BCUT2D eigenvalue weighted by Gasteiger charge is -2.34. The number of carbonyl (C=O) groups excluding carboxylic acids is 4. The molecule has 0 radical (unpaired) electrons. The van der Waals surface area contributed by atoms with E-state index in [1.165, 1.54) is 46.6 Å². The third kappa shape index (κ3) is 2.02. The molecule has 30 heavy (non-hydrogen) atoms. The monoisotopic (exact) mass is 442 g/mol. The summed E-state index contributed by atoms with van der Waals surface area (Å²) in [6.07, 6.45) is 0. The highest BCUT2D eigenvalue weighted by atomic mass is 32.1. The van der Waals surface area contributed by atoms with Crippen molar-refractivity contribution < 1.29 is 19.2 Å². The Kier molecular flexibility index (Phi) is 3.72. The van der Waals surface area contributed by atoms with Crippen LogP contribution < -0.4 is 0 Å². The molecule has 6 rings (SSSR count). The van der Waals surface area contributed by atoms with E-state index in [2.05, 4.69) is 0 Å². The van der Waals surface area contributed by atoms with Crippen molar-refractivity contribution in [3.8, 4) is 0 Å². The van der Waals surface area contributed by atoms with Crippen LogP contribution in [0.3, 0.4) is 0 Å². The maximum atomic E-state index is 13.2. The number of carbonyl (C=O) groups is 4. The summed E-state index contributed by atoms with van der Waals surface area (Å²) in [6.45, 7) is 0. The summed E-state index contributed by atoms with van der Waals surface area (Å²) < 4.78 is 0. The summed E-state index contributed by atoms with van der Waals surface area (Å²) >= 11 is 3.00. The highest BCUT2D eigenvalue weighted by Gasteiger charge is 2.73. The Bertz CT molecular complexity index is 998. The Balaban J connectivity index is 1.59.